The summed E-state index contributed by atoms with van der Waals surface area (Å²) in [7, 11) is -1.75. The van der Waals surface area contributed by atoms with Gasteiger partial charge in [-0.1, -0.05) is 12.1 Å². The lowest BCUT2D eigenvalue weighted by atomic mass is 9.98. The second kappa shape index (κ2) is 10.0. The lowest BCUT2D eigenvalue weighted by Gasteiger charge is -2.34. The molecule has 2 aromatic rings. The normalized spacial score (nSPS) is 16.9. The van der Waals surface area contributed by atoms with E-state index >= 15 is 0 Å². The number of sulfone groups is 1. The minimum Gasteiger partial charge on any atom is -0.378 e. The van der Waals surface area contributed by atoms with Crippen molar-refractivity contribution >= 4 is 32.9 Å². The van der Waals surface area contributed by atoms with Crippen molar-refractivity contribution < 1.29 is 22.7 Å². The first-order valence-corrected chi connectivity index (χ1v) is 13.1. The zero-order valence-electron chi connectivity index (χ0n) is 19.9. The summed E-state index contributed by atoms with van der Waals surface area (Å²) in [5, 5.41) is 2.68. The fourth-order valence-corrected chi connectivity index (χ4v) is 4.60. The number of aryl methyl sites for hydroxylation is 1. The van der Waals surface area contributed by atoms with Crippen molar-refractivity contribution in [3.63, 3.8) is 0 Å². The van der Waals surface area contributed by atoms with Gasteiger partial charge in [0.15, 0.2) is 14.9 Å². The molecule has 1 N–H and O–H groups in total. The number of nitrogens with one attached hydrogen (secondary N) is 1. The molecule has 1 saturated heterocycles. The van der Waals surface area contributed by atoms with Crippen LogP contribution >= 0.6 is 0 Å². The Hall–Kier alpha value is -3.50. The number of hydrogen-bond acceptors (Lipinski definition) is 7. The highest BCUT2D eigenvalue weighted by Gasteiger charge is 2.24. The number of aromatic nitrogens is 1. The van der Waals surface area contributed by atoms with Crippen molar-refractivity contribution in [2.75, 3.05) is 44.9 Å². The van der Waals surface area contributed by atoms with E-state index in [0.29, 0.717) is 32.0 Å². The highest BCUT2D eigenvalue weighted by atomic mass is 32.2. The van der Waals surface area contributed by atoms with Gasteiger partial charge < -0.3 is 19.9 Å². The Morgan fingerprint density at radius 3 is 2.60 bits per heavy atom. The number of carbonyl (C=O) groups is 2. The maximum absolute atomic E-state index is 12.8. The van der Waals surface area contributed by atoms with Crippen LogP contribution in [0.25, 0.3) is 5.57 Å². The van der Waals surface area contributed by atoms with Crippen LogP contribution in [-0.4, -0.2) is 74.6 Å². The number of hydrogen-bond donors (Lipinski definition) is 1. The van der Waals surface area contributed by atoms with Crippen LogP contribution in [0.3, 0.4) is 0 Å². The van der Waals surface area contributed by atoms with Gasteiger partial charge in [-0.25, -0.2) is 13.4 Å². The van der Waals surface area contributed by atoms with Gasteiger partial charge in [0.2, 0.25) is 5.91 Å². The number of carbonyl (C=O) groups excluding carboxylic acids is 2. The molecule has 2 aliphatic rings. The van der Waals surface area contributed by atoms with Crippen LogP contribution in [-0.2, 0) is 19.4 Å². The fourth-order valence-electron chi connectivity index (χ4n) is 4.01. The number of morpholine rings is 1. The van der Waals surface area contributed by atoms with E-state index < -0.39 is 15.7 Å². The zero-order valence-corrected chi connectivity index (χ0v) is 20.8. The maximum atomic E-state index is 12.8. The molecule has 0 bridgehead atoms. The van der Waals surface area contributed by atoms with Crippen molar-refractivity contribution in [2.24, 2.45) is 0 Å². The van der Waals surface area contributed by atoms with Gasteiger partial charge in [0.25, 0.3) is 5.91 Å². The summed E-state index contributed by atoms with van der Waals surface area (Å²) >= 11 is 0. The van der Waals surface area contributed by atoms with Gasteiger partial charge in [-0.3, -0.25) is 9.59 Å². The maximum Gasteiger partial charge on any atom is 0.255 e. The first-order chi connectivity index (χ1) is 16.6. The van der Waals surface area contributed by atoms with Crippen LogP contribution in [0.1, 0.15) is 27.9 Å². The highest BCUT2D eigenvalue weighted by Crippen LogP contribution is 2.29. The molecule has 35 heavy (non-hydrogen) atoms. The summed E-state index contributed by atoms with van der Waals surface area (Å²) < 4.78 is 29.1. The second-order valence-corrected chi connectivity index (χ2v) is 10.5. The SMILES string of the molecule is Cc1ccc(NC(=O)c2ccnc(S(C)(=O)=O)c2)cc1C1=CCC(=O)N(C)C(N2CCOCC2)=C1. The molecular weight excluding hydrogens is 468 g/mol. The number of anilines is 1. The van der Waals surface area contributed by atoms with E-state index in [-0.39, 0.29) is 22.9 Å². The summed E-state index contributed by atoms with van der Waals surface area (Å²) in [4.78, 5) is 33.2. The first kappa shape index (κ1) is 24.6. The van der Waals surface area contributed by atoms with Crippen molar-refractivity contribution in [3.8, 4) is 0 Å². The van der Waals surface area contributed by atoms with Gasteiger partial charge in [0.1, 0.15) is 5.82 Å². The van der Waals surface area contributed by atoms with E-state index in [0.717, 1.165) is 28.8 Å². The molecule has 10 heteroatoms. The van der Waals surface area contributed by atoms with Crippen molar-refractivity contribution in [1.82, 2.24) is 14.8 Å². The van der Waals surface area contributed by atoms with Crippen LogP contribution in [0.2, 0.25) is 0 Å². The molecule has 0 radical (unpaired) electrons. The van der Waals surface area contributed by atoms with Crippen molar-refractivity contribution in [3.05, 3.63) is 71.2 Å². The monoisotopic (exact) mass is 496 g/mol. The predicted molar refractivity (Wildman–Crippen MR) is 132 cm³/mol. The zero-order chi connectivity index (χ0) is 25.2. The van der Waals surface area contributed by atoms with E-state index in [1.54, 1.807) is 18.0 Å². The molecule has 2 amide bonds. The van der Waals surface area contributed by atoms with Crippen molar-refractivity contribution in [2.45, 2.75) is 18.4 Å². The average molecular weight is 497 g/mol. The standard InChI is InChI=1S/C25H28N4O5S/c1-17-4-6-20(27-25(31)19-8-9-26-22(14-19)35(3,32)33)16-21(17)18-5-7-24(30)28(2)23(15-18)29-10-12-34-13-11-29/h4-6,8-9,14-16H,7,10-13H2,1-3H3,(H,27,31). The van der Waals surface area contributed by atoms with Gasteiger partial charge in [-0.15, -0.1) is 0 Å². The fraction of sp³-hybridized carbons (Fsp3) is 0.320. The molecule has 3 heterocycles. The minimum atomic E-state index is -3.53. The van der Waals surface area contributed by atoms with E-state index in [4.69, 9.17) is 4.74 Å². The number of nitrogens with zero attached hydrogens (tertiary/aromatic N) is 3. The van der Waals surface area contributed by atoms with Gasteiger partial charge in [-0.2, -0.15) is 0 Å². The summed E-state index contributed by atoms with van der Waals surface area (Å²) in [6, 6.07) is 8.27. The third-order valence-electron chi connectivity index (χ3n) is 6.02. The number of benzene rings is 1. The Bertz CT molecular complexity index is 1330. The summed E-state index contributed by atoms with van der Waals surface area (Å²) in [6.45, 7) is 4.59. The molecule has 4 rings (SSSR count). The molecular formula is C25H28N4O5S. The smallest absolute Gasteiger partial charge is 0.255 e. The molecule has 1 aromatic carbocycles. The molecule has 1 aromatic heterocycles. The second-order valence-electron chi connectivity index (χ2n) is 8.56. The quantitative estimate of drug-likeness (QED) is 0.677. The number of amides is 2. The van der Waals surface area contributed by atoms with Crippen LogP contribution in [0.15, 0.2) is 59.5 Å². The molecule has 0 atom stereocenters. The van der Waals surface area contributed by atoms with E-state index in [1.165, 1.54) is 18.3 Å². The molecule has 0 spiro atoms. The number of pyridine rings is 1. The third kappa shape index (κ3) is 5.60. The number of ether oxygens (including phenoxy) is 1. The van der Waals surface area contributed by atoms with Crippen LogP contribution in [0.5, 0.6) is 0 Å². The largest absolute Gasteiger partial charge is 0.378 e. The van der Waals surface area contributed by atoms with Gasteiger partial charge in [-0.05, 0) is 54.0 Å². The Kier molecular flexibility index (Phi) is 7.04. The summed E-state index contributed by atoms with van der Waals surface area (Å²) in [5.74, 6) is 0.376. The van der Waals surface area contributed by atoms with Crippen LogP contribution in [0.4, 0.5) is 5.69 Å². The topological polar surface area (TPSA) is 109 Å². The van der Waals surface area contributed by atoms with E-state index in [9.17, 15) is 18.0 Å². The summed E-state index contributed by atoms with van der Waals surface area (Å²) in [5.41, 5.74) is 3.52. The number of allylic oxidation sites excluding steroid dienone is 2. The van der Waals surface area contributed by atoms with E-state index in [2.05, 4.69) is 15.2 Å². The average Bonchev–Trinajstić information content (AvgIpc) is 2.99. The minimum absolute atomic E-state index is 0.000722. The highest BCUT2D eigenvalue weighted by molar-refractivity contribution is 7.90. The van der Waals surface area contributed by atoms with Crippen molar-refractivity contribution in [1.29, 1.82) is 0 Å². The Balaban J connectivity index is 1.64. The van der Waals surface area contributed by atoms with Gasteiger partial charge in [0, 0.05) is 50.3 Å². The lowest BCUT2D eigenvalue weighted by Crippen LogP contribution is -2.42. The Labute approximate surface area is 205 Å². The lowest BCUT2D eigenvalue weighted by molar-refractivity contribution is -0.128. The first-order valence-electron chi connectivity index (χ1n) is 11.2. The molecule has 0 saturated carbocycles. The molecule has 2 aliphatic heterocycles. The molecule has 0 unspecified atom stereocenters. The Morgan fingerprint density at radius 2 is 1.89 bits per heavy atom. The van der Waals surface area contributed by atoms with Crippen LogP contribution < -0.4 is 5.32 Å². The molecule has 1 fully saturated rings. The van der Waals surface area contributed by atoms with Crippen LogP contribution in [0, 0.1) is 6.92 Å². The predicted octanol–water partition coefficient (Wildman–Crippen LogP) is 2.46. The molecule has 184 valence electrons. The molecule has 0 aliphatic carbocycles. The molecule has 9 nitrogen and oxygen atoms in total. The van der Waals surface area contributed by atoms with Gasteiger partial charge >= 0.3 is 0 Å². The van der Waals surface area contributed by atoms with E-state index in [1.807, 2.05) is 31.2 Å². The van der Waals surface area contributed by atoms with Gasteiger partial charge in [0.05, 0.1) is 13.2 Å². The Morgan fingerprint density at radius 1 is 1.14 bits per heavy atom. The number of rotatable bonds is 5. The summed E-state index contributed by atoms with van der Waals surface area (Å²) in [6.07, 6.45) is 6.52. The third-order valence-corrected chi connectivity index (χ3v) is 7.00.